The number of ether oxygens (including phenoxy) is 1. The topological polar surface area (TPSA) is 49.7 Å². The molecule has 0 saturated heterocycles. The molecule has 17 heavy (non-hydrogen) atoms. The summed E-state index contributed by atoms with van der Waals surface area (Å²) in [5.74, 6) is 0.706. The average Bonchev–Trinajstić information content (AvgIpc) is 2.25. The highest BCUT2D eigenvalue weighted by atomic mass is 16.5. The van der Waals surface area contributed by atoms with Crippen molar-refractivity contribution >= 4 is 0 Å². The predicted molar refractivity (Wildman–Crippen MR) is 68.0 cm³/mol. The van der Waals surface area contributed by atoms with E-state index in [4.69, 9.17) is 4.74 Å². The highest BCUT2D eigenvalue weighted by molar-refractivity contribution is 5.28. The quantitative estimate of drug-likeness (QED) is 0.847. The second-order valence-electron chi connectivity index (χ2n) is 5.44. The Balaban J connectivity index is 2.53. The van der Waals surface area contributed by atoms with Crippen LogP contribution in [0.2, 0.25) is 0 Å². The molecule has 1 aromatic carbocycles. The summed E-state index contributed by atoms with van der Waals surface area (Å²) in [5, 5.41) is 19.2. The van der Waals surface area contributed by atoms with Gasteiger partial charge in [-0.25, -0.2) is 0 Å². The Morgan fingerprint density at radius 3 is 2.06 bits per heavy atom. The molecular weight excluding hydrogens is 216 g/mol. The molecule has 0 aromatic heterocycles. The van der Waals surface area contributed by atoms with Gasteiger partial charge < -0.3 is 14.9 Å². The monoisotopic (exact) mass is 238 g/mol. The van der Waals surface area contributed by atoms with Crippen molar-refractivity contribution in [3.8, 4) is 5.75 Å². The van der Waals surface area contributed by atoms with Crippen LogP contribution in [0.1, 0.15) is 39.4 Å². The van der Waals surface area contributed by atoms with Crippen molar-refractivity contribution in [2.75, 3.05) is 6.61 Å². The predicted octanol–water partition coefficient (Wildman–Crippen LogP) is 2.53. The minimum atomic E-state index is -0.501. The molecule has 1 unspecified atom stereocenters. The second kappa shape index (κ2) is 5.52. The molecule has 0 heterocycles. The van der Waals surface area contributed by atoms with Crippen LogP contribution in [-0.2, 0) is 0 Å². The van der Waals surface area contributed by atoms with Crippen LogP contribution in [0.15, 0.2) is 24.3 Å². The summed E-state index contributed by atoms with van der Waals surface area (Å²) in [4.78, 5) is 0. The van der Waals surface area contributed by atoms with E-state index in [1.54, 1.807) is 19.1 Å². The van der Waals surface area contributed by atoms with Crippen molar-refractivity contribution in [3.05, 3.63) is 29.8 Å². The summed E-state index contributed by atoms with van der Waals surface area (Å²) in [6.07, 6.45) is -0.969. The third-order valence-corrected chi connectivity index (χ3v) is 2.77. The largest absolute Gasteiger partial charge is 0.491 e. The van der Waals surface area contributed by atoms with Gasteiger partial charge in [0.25, 0.3) is 0 Å². The smallest absolute Gasteiger partial charge is 0.119 e. The van der Waals surface area contributed by atoms with Crippen molar-refractivity contribution in [1.82, 2.24) is 0 Å². The lowest BCUT2D eigenvalue weighted by Gasteiger charge is -2.25. The molecule has 0 saturated carbocycles. The maximum Gasteiger partial charge on any atom is 0.119 e. The van der Waals surface area contributed by atoms with Crippen LogP contribution in [0.4, 0.5) is 0 Å². The van der Waals surface area contributed by atoms with E-state index < -0.39 is 12.2 Å². The van der Waals surface area contributed by atoms with Gasteiger partial charge in [0.15, 0.2) is 0 Å². The van der Waals surface area contributed by atoms with E-state index in [-0.39, 0.29) is 12.0 Å². The standard InChI is InChI=1S/C14H22O3/c1-10(15)11-5-7-12(8-6-11)17-9-13(16)14(2,3)4/h5-8,10,13,15-16H,9H2,1-4H3/t10-,13?/m1/s1. The molecule has 0 aliphatic rings. The van der Waals surface area contributed by atoms with Gasteiger partial charge in [-0.1, -0.05) is 32.9 Å². The summed E-state index contributed by atoms with van der Waals surface area (Å²) >= 11 is 0. The van der Waals surface area contributed by atoms with Crippen LogP contribution in [0.25, 0.3) is 0 Å². The Hall–Kier alpha value is -1.06. The Labute approximate surface area is 103 Å². The fraction of sp³-hybridized carbons (Fsp3) is 0.571. The maximum absolute atomic E-state index is 9.82. The molecule has 3 nitrogen and oxygen atoms in total. The van der Waals surface area contributed by atoms with Gasteiger partial charge in [-0.3, -0.25) is 0 Å². The zero-order chi connectivity index (χ0) is 13.1. The van der Waals surface area contributed by atoms with Crippen LogP contribution >= 0.6 is 0 Å². The number of hydrogen-bond donors (Lipinski definition) is 2. The van der Waals surface area contributed by atoms with Crippen molar-refractivity contribution in [1.29, 1.82) is 0 Å². The molecule has 96 valence electrons. The van der Waals surface area contributed by atoms with Gasteiger partial charge in [0.05, 0.1) is 12.2 Å². The van der Waals surface area contributed by atoms with Crippen molar-refractivity contribution in [2.24, 2.45) is 5.41 Å². The molecule has 1 aromatic rings. The van der Waals surface area contributed by atoms with Crippen LogP contribution in [0, 0.1) is 5.41 Å². The van der Waals surface area contributed by atoms with Gasteiger partial charge >= 0.3 is 0 Å². The van der Waals surface area contributed by atoms with Gasteiger partial charge in [0, 0.05) is 0 Å². The van der Waals surface area contributed by atoms with Gasteiger partial charge in [-0.2, -0.15) is 0 Å². The number of benzene rings is 1. The molecule has 0 amide bonds. The summed E-state index contributed by atoms with van der Waals surface area (Å²) in [7, 11) is 0. The van der Waals surface area contributed by atoms with E-state index in [1.165, 1.54) is 0 Å². The summed E-state index contributed by atoms with van der Waals surface area (Å²) in [6, 6.07) is 7.25. The molecule has 0 radical (unpaired) electrons. The molecule has 3 heteroatoms. The third kappa shape index (κ3) is 4.36. The maximum atomic E-state index is 9.82. The molecule has 0 bridgehead atoms. The minimum absolute atomic E-state index is 0.181. The lowest BCUT2D eigenvalue weighted by Crippen LogP contribution is -2.31. The normalized spacial score (nSPS) is 15.4. The van der Waals surface area contributed by atoms with Crippen LogP contribution in [0.5, 0.6) is 5.75 Å². The van der Waals surface area contributed by atoms with Crippen LogP contribution in [-0.4, -0.2) is 22.9 Å². The van der Waals surface area contributed by atoms with E-state index >= 15 is 0 Å². The molecule has 0 fully saturated rings. The Morgan fingerprint density at radius 2 is 1.65 bits per heavy atom. The number of rotatable bonds is 4. The zero-order valence-electron chi connectivity index (χ0n) is 11.0. The molecule has 1 rings (SSSR count). The Morgan fingerprint density at radius 1 is 1.12 bits per heavy atom. The first-order chi connectivity index (χ1) is 7.80. The van der Waals surface area contributed by atoms with Crippen molar-refractivity contribution in [3.63, 3.8) is 0 Å². The van der Waals surface area contributed by atoms with E-state index in [0.29, 0.717) is 5.75 Å². The Kier molecular flexibility index (Phi) is 4.54. The van der Waals surface area contributed by atoms with E-state index in [1.807, 2.05) is 32.9 Å². The number of aliphatic hydroxyl groups is 2. The van der Waals surface area contributed by atoms with E-state index in [2.05, 4.69) is 0 Å². The van der Waals surface area contributed by atoms with Gasteiger partial charge in [-0.15, -0.1) is 0 Å². The summed E-state index contributed by atoms with van der Waals surface area (Å²) in [5.41, 5.74) is 0.674. The van der Waals surface area contributed by atoms with Crippen molar-refractivity contribution in [2.45, 2.75) is 39.9 Å². The fourth-order valence-electron chi connectivity index (χ4n) is 1.27. The van der Waals surface area contributed by atoms with Crippen LogP contribution < -0.4 is 4.74 Å². The minimum Gasteiger partial charge on any atom is -0.491 e. The first-order valence-corrected chi connectivity index (χ1v) is 5.89. The van der Waals surface area contributed by atoms with E-state index in [9.17, 15) is 10.2 Å². The average molecular weight is 238 g/mol. The lowest BCUT2D eigenvalue weighted by atomic mass is 9.90. The molecule has 0 aliphatic heterocycles. The first kappa shape index (κ1) is 14.0. The fourth-order valence-corrected chi connectivity index (χ4v) is 1.27. The van der Waals surface area contributed by atoms with Gasteiger partial charge in [-0.05, 0) is 30.0 Å². The zero-order valence-corrected chi connectivity index (χ0v) is 11.0. The molecule has 0 spiro atoms. The van der Waals surface area contributed by atoms with E-state index in [0.717, 1.165) is 5.56 Å². The SMILES string of the molecule is C[C@@H](O)c1ccc(OCC(O)C(C)(C)C)cc1. The summed E-state index contributed by atoms with van der Waals surface area (Å²) in [6.45, 7) is 7.91. The second-order valence-corrected chi connectivity index (χ2v) is 5.44. The molecule has 2 N–H and O–H groups in total. The van der Waals surface area contributed by atoms with Gasteiger partial charge in [0.1, 0.15) is 12.4 Å². The number of hydrogen-bond acceptors (Lipinski definition) is 3. The lowest BCUT2D eigenvalue weighted by molar-refractivity contribution is 0.0218. The van der Waals surface area contributed by atoms with Crippen molar-refractivity contribution < 1.29 is 14.9 Å². The molecule has 0 aliphatic carbocycles. The van der Waals surface area contributed by atoms with Crippen LogP contribution in [0.3, 0.4) is 0 Å². The molecule has 2 atom stereocenters. The molecular formula is C14H22O3. The first-order valence-electron chi connectivity index (χ1n) is 5.89. The van der Waals surface area contributed by atoms with Gasteiger partial charge in [0.2, 0.25) is 0 Å². The highest BCUT2D eigenvalue weighted by Gasteiger charge is 2.22. The summed E-state index contributed by atoms with van der Waals surface area (Å²) < 4.78 is 5.50. The Bertz CT molecular complexity index is 335. The third-order valence-electron chi connectivity index (χ3n) is 2.77. The number of aliphatic hydroxyl groups excluding tert-OH is 2. The highest BCUT2D eigenvalue weighted by Crippen LogP contribution is 2.21.